The lowest BCUT2D eigenvalue weighted by Crippen LogP contribution is -2.48. The maximum Gasteiger partial charge on any atom is 0.238 e. The summed E-state index contributed by atoms with van der Waals surface area (Å²) in [5.74, 6) is 0.980. The number of hydrogen-bond donors (Lipinski definition) is 2. The molecule has 0 bridgehead atoms. The molecule has 184 valence electrons. The van der Waals surface area contributed by atoms with Crippen molar-refractivity contribution in [1.29, 1.82) is 0 Å². The maximum atomic E-state index is 12.6. The Morgan fingerprint density at radius 3 is 2.56 bits per heavy atom. The zero-order valence-electron chi connectivity index (χ0n) is 19.4. The third-order valence-corrected chi connectivity index (χ3v) is 7.14. The van der Waals surface area contributed by atoms with Crippen molar-refractivity contribution in [2.75, 3.05) is 26.0 Å². The van der Waals surface area contributed by atoms with Crippen molar-refractivity contribution in [2.24, 2.45) is 5.92 Å². The molecule has 2 N–H and O–H groups in total. The molecule has 34 heavy (non-hydrogen) atoms. The van der Waals surface area contributed by atoms with Crippen molar-refractivity contribution >= 4 is 33.6 Å². The average Bonchev–Trinajstić information content (AvgIpc) is 3.67. The highest BCUT2D eigenvalue weighted by atomic mass is 35.5. The van der Waals surface area contributed by atoms with Gasteiger partial charge in [-0.2, -0.15) is 0 Å². The summed E-state index contributed by atoms with van der Waals surface area (Å²) in [6.45, 7) is 2.33. The standard InChI is InChI=1S/C25H31ClN2O5S/c1-3-34(30,31)28-24(20-9-10-20)25(29)27-15-14-19-8-13-22(23(17-19)32-2)33-16-4-5-18-6-11-21(26)12-7-18/h4-8,11-13,17,20,24,28H,3,9-10,14-16H2,1-2H3,(H,27,29)/b5-4+/t24-/m0/s1. The summed E-state index contributed by atoms with van der Waals surface area (Å²) in [5.41, 5.74) is 2.00. The van der Waals surface area contributed by atoms with Crippen LogP contribution in [0.5, 0.6) is 11.5 Å². The van der Waals surface area contributed by atoms with Gasteiger partial charge in [0.15, 0.2) is 11.5 Å². The van der Waals surface area contributed by atoms with Crippen molar-refractivity contribution in [3.63, 3.8) is 0 Å². The zero-order chi connectivity index (χ0) is 24.6. The van der Waals surface area contributed by atoms with E-state index in [2.05, 4.69) is 10.0 Å². The Balaban J connectivity index is 1.49. The first-order valence-electron chi connectivity index (χ1n) is 11.3. The molecule has 1 saturated carbocycles. The van der Waals surface area contributed by atoms with Gasteiger partial charge in [0.1, 0.15) is 12.6 Å². The van der Waals surface area contributed by atoms with Gasteiger partial charge in [0.2, 0.25) is 15.9 Å². The minimum absolute atomic E-state index is 0.0470. The van der Waals surface area contributed by atoms with Crippen molar-refractivity contribution in [2.45, 2.75) is 32.2 Å². The van der Waals surface area contributed by atoms with Crippen LogP contribution in [-0.4, -0.2) is 46.4 Å². The van der Waals surface area contributed by atoms with Crippen molar-refractivity contribution in [3.05, 3.63) is 64.7 Å². The van der Waals surface area contributed by atoms with E-state index < -0.39 is 16.1 Å². The minimum atomic E-state index is -3.44. The molecule has 1 amide bonds. The highest BCUT2D eigenvalue weighted by molar-refractivity contribution is 7.89. The molecule has 2 aromatic carbocycles. The van der Waals surface area contributed by atoms with E-state index in [9.17, 15) is 13.2 Å². The van der Waals surface area contributed by atoms with Crippen LogP contribution in [0.3, 0.4) is 0 Å². The number of rotatable bonds is 13. The van der Waals surface area contributed by atoms with E-state index in [-0.39, 0.29) is 17.6 Å². The molecule has 1 atom stereocenters. The number of carbonyl (C=O) groups excluding carboxylic acids is 1. The highest BCUT2D eigenvalue weighted by Crippen LogP contribution is 2.33. The third-order valence-electron chi connectivity index (χ3n) is 5.52. The van der Waals surface area contributed by atoms with Gasteiger partial charge >= 0.3 is 0 Å². The van der Waals surface area contributed by atoms with Crippen molar-refractivity contribution in [3.8, 4) is 11.5 Å². The van der Waals surface area contributed by atoms with Gasteiger partial charge in [-0.1, -0.05) is 35.9 Å². The van der Waals surface area contributed by atoms with E-state index in [1.54, 1.807) is 14.0 Å². The van der Waals surface area contributed by atoms with Crippen LogP contribution in [-0.2, 0) is 21.2 Å². The molecule has 0 aliphatic heterocycles. The summed E-state index contributed by atoms with van der Waals surface area (Å²) >= 11 is 5.90. The molecular weight excluding hydrogens is 476 g/mol. The van der Waals surface area contributed by atoms with Gasteiger partial charge < -0.3 is 14.8 Å². The SMILES string of the molecule is CCS(=O)(=O)N[C@H](C(=O)NCCc1ccc(OC/C=C/c2ccc(Cl)cc2)c(OC)c1)C1CC1. The Morgan fingerprint density at radius 2 is 1.91 bits per heavy atom. The van der Waals surface area contributed by atoms with E-state index >= 15 is 0 Å². The fourth-order valence-electron chi connectivity index (χ4n) is 3.39. The lowest BCUT2D eigenvalue weighted by atomic mass is 10.1. The van der Waals surface area contributed by atoms with Crippen LogP contribution in [0, 0.1) is 5.92 Å². The monoisotopic (exact) mass is 506 g/mol. The van der Waals surface area contributed by atoms with Crippen LogP contribution in [0.25, 0.3) is 6.08 Å². The van der Waals surface area contributed by atoms with E-state index in [1.807, 2.05) is 54.6 Å². The number of nitrogens with one attached hydrogen (secondary N) is 2. The van der Waals surface area contributed by atoms with E-state index in [0.717, 1.165) is 24.0 Å². The molecule has 7 nitrogen and oxygen atoms in total. The fraction of sp³-hybridized carbons (Fsp3) is 0.400. The van der Waals surface area contributed by atoms with E-state index in [1.165, 1.54) is 0 Å². The number of methoxy groups -OCH3 is 1. The first-order valence-corrected chi connectivity index (χ1v) is 13.3. The topological polar surface area (TPSA) is 93.7 Å². The van der Waals surface area contributed by atoms with Crippen molar-refractivity contribution < 1.29 is 22.7 Å². The van der Waals surface area contributed by atoms with Crippen molar-refractivity contribution in [1.82, 2.24) is 10.0 Å². The molecule has 2 aromatic rings. The van der Waals surface area contributed by atoms with Gasteiger partial charge in [-0.05, 0) is 73.6 Å². The Bertz CT molecular complexity index is 1100. The second-order valence-electron chi connectivity index (χ2n) is 8.13. The fourth-order valence-corrected chi connectivity index (χ4v) is 4.37. The number of halogens is 1. The van der Waals surface area contributed by atoms with Crippen LogP contribution in [0.4, 0.5) is 0 Å². The molecule has 1 aliphatic carbocycles. The van der Waals surface area contributed by atoms with Gasteiger partial charge in [0, 0.05) is 11.6 Å². The lowest BCUT2D eigenvalue weighted by molar-refractivity contribution is -0.123. The molecule has 0 radical (unpaired) electrons. The molecule has 0 aromatic heterocycles. The Labute approximate surface area is 206 Å². The van der Waals surface area contributed by atoms with E-state index in [0.29, 0.717) is 36.1 Å². The second-order valence-corrected chi connectivity index (χ2v) is 10.6. The van der Waals surface area contributed by atoms with Crippen LogP contribution >= 0.6 is 11.6 Å². The van der Waals surface area contributed by atoms with Crippen LogP contribution in [0.15, 0.2) is 48.5 Å². The number of benzene rings is 2. The lowest BCUT2D eigenvalue weighted by Gasteiger charge is -2.17. The minimum Gasteiger partial charge on any atom is -0.493 e. The first-order chi connectivity index (χ1) is 16.3. The maximum absolute atomic E-state index is 12.6. The Kier molecular flexibility index (Phi) is 9.38. The number of ether oxygens (including phenoxy) is 2. The summed E-state index contributed by atoms with van der Waals surface area (Å²) in [5, 5.41) is 3.55. The number of hydrogen-bond acceptors (Lipinski definition) is 5. The van der Waals surface area contributed by atoms with Gasteiger partial charge in [0.05, 0.1) is 12.9 Å². The average molecular weight is 507 g/mol. The Hall–Kier alpha value is -2.55. The molecule has 1 fully saturated rings. The van der Waals surface area contributed by atoms with Crippen LogP contribution in [0.2, 0.25) is 5.02 Å². The molecular formula is C25H31ClN2O5S. The second kappa shape index (κ2) is 12.2. The summed E-state index contributed by atoms with van der Waals surface area (Å²) < 4.78 is 37.6. The summed E-state index contributed by atoms with van der Waals surface area (Å²) in [6, 6.07) is 12.5. The molecule has 1 aliphatic rings. The first kappa shape index (κ1) is 26.1. The summed E-state index contributed by atoms with van der Waals surface area (Å²) in [7, 11) is -1.86. The number of amides is 1. The number of carbonyl (C=O) groups is 1. The van der Waals surface area contributed by atoms with Crippen LogP contribution in [0.1, 0.15) is 30.9 Å². The predicted octanol–water partition coefficient (Wildman–Crippen LogP) is 3.82. The Morgan fingerprint density at radius 1 is 1.18 bits per heavy atom. The number of sulfonamides is 1. The molecule has 3 rings (SSSR count). The van der Waals surface area contributed by atoms with Gasteiger partial charge in [-0.3, -0.25) is 4.79 Å². The predicted molar refractivity (Wildman–Crippen MR) is 135 cm³/mol. The smallest absolute Gasteiger partial charge is 0.238 e. The largest absolute Gasteiger partial charge is 0.493 e. The van der Waals surface area contributed by atoms with Gasteiger partial charge in [-0.25, -0.2) is 13.1 Å². The van der Waals surface area contributed by atoms with Gasteiger partial charge in [-0.15, -0.1) is 0 Å². The molecule has 0 spiro atoms. The van der Waals surface area contributed by atoms with Gasteiger partial charge in [0.25, 0.3) is 0 Å². The van der Waals surface area contributed by atoms with Crippen LogP contribution < -0.4 is 19.5 Å². The third kappa shape index (κ3) is 8.04. The molecule has 0 saturated heterocycles. The normalized spacial score (nSPS) is 14.7. The van der Waals surface area contributed by atoms with E-state index in [4.69, 9.17) is 21.1 Å². The highest BCUT2D eigenvalue weighted by Gasteiger charge is 2.38. The summed E-state index contributed by atoms with van der Waals surface area (Å²) in [6.07, 6.45) is 6.16. The zero-order valence-corrected chi connectivity index (χ0v) is 21.0. The quantitative estimate of drug-likeness (QED) is 0.431. The molecule has 0 heterocycles. The molecule has 9 heteroatoms. The summed E-state index contributed by atoms with van der Waals surface area (Å²) in [4.78, 5) is 12.6. The molecule has 0 unspecified atom stereocenters.